The van der Waals surface area contributed by atoms with Crippen molar-refractivity contribution in [2.75, 3.05) is 27.4 Å². The Bertz CT molecular complexity index is 971. The Morgan fingerprint density at radius 2 is 1.76 bits per heavy atom. The molecule has 8 heteroatoms. The molecule has 158 valence electrons. The van der Waals surface area contributed by atoms with Gasteiger partial charge in [-0.05, 0) is 49.2 Å². The summed E-state index contributed by atoms with van der Waals surface area (Å²) in [6.07, 6.45) is 0. The number of carbonyl (C=O) groups excluding carboxylic acids is 1. The molecule has 0 amide bonds. The molecule has 0 unspecified atom stereocenters. The van der Waals surface area contributed by atoms with Crippen molar-refractivity contribution >= 4 is 16.0 Å². The van der Waals surface area contributed by atoms with E-state index in [2.05, 4.69) is 0 Å². The van der Waals surface area contributed by atoms with Crippen LogP contribution in [0, 0.1) is 6.92 Å². The number of esters is 1. The highest BCUT2D eigenvalue weighted by Gasteiger charge is 2.26. The summed E-state index contributed by atoms with van der Waals surface area (Å²) < 4.78 is 43.5. The van der Waals surface area contributed by atoms with Gasteiger partial charge in [0.25, 0.3) is 0 Å². The molecule has 0 radical (unpaired) electrons. The molecule has 0 heterocycles. The molecule has 0 N–H and O–H groups in total. The monoisotopic (exact) mass is 421 g/mol. The van der Waals surface area contributed by atoms with Gasteiger partial charge in [-0.15, -0.1) is 0 Å². The van der Waals surface area contributed by atoms with Crippen LogP contribution in [0.2, 0.25) is 0 Å². The van der Waals surface area contributed by atoms with E-state index in [4.69, 9.17) is 14.2 Å². The van der Waals surface area contributed by atoms with Crippen LogP contribution in [0.1, 0.15) is 35.3 Å². The maximum atomic E-state index is 13.3. The molecule has 2 aromatic rings. The van der Waals surface area contributed by atoms with Gasteiger partial charge in [0, 0.05) is 13.1 Å². The van der Waals surface area contributed by atoms with Gasteiger partial charge in [0.2, 0.25) is 10.0 Å². The number of methoxy groups -OCH3 is 2. The van der Waals surface area contributed by atoms with Crippen molar-refractivity contribution in [2.45, 2.75) is 32.2 Å². The van der Waals surface area contributed by atoms with Crippen LogP contribution in [0.3, 0.4) is 0 Å². The molecule has 0 spiro atoms. The first kappa shape index (κ1) is 22.7. The fourth-order valence-corrected chi connectivity index (χ4v) is 4.61. The lowest BCUT2D eigenvalue weighted by Crippen LogP contribution is -2.31. The summed E-state index contributed by atoms with van der Waals surface area (Å²) in [5.41, 5.74) is 1.51. The van der Waals surface area contributed by atoms with Crippen LogP contribution >= 0.6 is 0 Å². The number of sulfonamides is 1. The summed E-state index contributed by atoms with van der Waals surface area (Å²) in [6.45, 7) is 6.26. The molecule has 7 nitrogen and oxygen atoms in total. The summed E-state index contributed by atoms with van der Waals surface area (Å²) in [6, 6.07) is 9.85. The van der Waals surface area contributed by atoms with Gasteiger partial charge in [0.1, 0.15) is 0 Å². The van der Waals surface area contributed by atoms with Crippen molar-refractivity contribution in [2.24, 2.45) is 0 Å². The number of rotatable bonds is 9. The molecule has 2 rings (SSSR count). The van der Waals surface area contributed by atoms with E-state index in [-0.39, 0.29) is 23.5 Å². The fourth-order valence-electron chi connectivity index (χ4n) is 2.92. The van der Waals surface area contributed by atoms with Crippen molar-refractivity contribution in [3.05, 3.63) is 53.1 Å². The van der Waals surface area contributed by atoms with Gasteiger partial charge in [-0.1, -0.05) is 19.1 Å². The SMILES string of the molecule is CCOc1ccc(CN(CC)S(=O)(=O)c2cc(C(=O)OC)ccc2C)cc1OC. The van der Waals surface area contributed by atoms with Crippen LogP contribution < -0.4 is 9.47 Å². The first-order chi connectivity index (χ1) is 13.8. The highest BCUT2D eigenvalue weighted by molar-refractivity contribution is 7.89. The van der Waals surface area contributed by atoms with Crippen LogP contribution in [0.4, 0.5) is 0 Å². The first-order valence-corrected chi connectivity index (χ1v) is 10.7. The van der Waals surface area contributed by atoms with E-state index in [0.717, 1.165) is 5.56 Å². The second-order valence-corrected chi connectivity index (χ2v) is 8.23. The van der Waals surface area contributed by atoms with Crippen LogP contribution in [0.5, 0.6) is 11.5 Å². The Hall–Kier alpha value is -2.58. The third-order valence-corrected chi connectivity index (χ3v) is 6.53. The lowest BCUT2D eigenvalue weighted by atomic mass is 10.1. The summed E-state index contributed by atoms with van der Waals surface area (Å²) in [5, 5.41) is 0. The van der Waals surface area contributed by atoms with Crippen molar-refractivity contribution < 1.29 is 27.4 Å². The Morgan fingerprint density at radius 3 is 2.34 bits per heavy atom. The van der Waals surface area contributed by atoms with Gasteiger partial charge in [-0.2, -0.15) is 4.31 Å². The van der Waals surface area contributed by atoms with E-state index in [1.54, 1.807) is 38.1 Å². The summed E-state index contributed by atoms with van der Waals surface area (Å²) in [4.78, 5) is 11.9. The molecule has 0 aromatic heterocycles. The minimum absolute atomic E-state index is 0.0835. The van der Waals surface area contributed by atoms with Crippen LogP contribution in [0.25, 0.3) is 0 Å². The normalized spacial score (nSPS) is 11.4. The molecule has 0 saturated carbocycles. The number of nitrogens with zero attached hydrogens (tertiary/aromatic N) is 1. The van der Waals surface area contributed by atoms with Crippen molar-refractivity contribution in [3.63, 3.8) is 0 Å². The highest BCUT2D eigenvalue weighted by atomic mass is 32.2. The lowest BCUT2D eigenvalue weighted by Gasteiger charge is -2.22. The molecule has 0 aliphatic carbocycles. The maximum Gasteiger partial charge on any atom is 0.337 e. The van der Waals surface area contributed by atoms with Crippen LogP contribution in [-0.4, -0.2) is 46.1 Å². The van der Waals surface area contributed by atoms with E-state index in [1.807, 2.05) is 13.0 Å². The molecule has 0 fully saturated rings. The quantitative estimate of drug-likeness (QED) is 0.577. The van der Waals surface area contributed by atoms with E-state index in [0.29, 0.717) is 23.7 Å². The van der Waals surface area contributed by atoms with Gasteiger partial charge < -0.3 is 14.2 Å². The zero-order chi connectivity index (χ0) is 21.6. The molecule has 29 heavy (non-hydrogen) atoms. The molecule has 0 atom stereocenters. The van der Waals surface area contributed by atoms with E-state index >= 15 is 0 Å². The Labute approximate surface area is 172 Å². The van der Waals surface area contributed by atoms with Gasteiger partial charge in [-0.25, -0.2) is 13.2 Å². The number of carbonyl (C=O) groups is 1. The number of benzene rings is 2. The molecule has 0 aliphatic heterocycles. The second kappa shape index (κ2) is 9.76. The summed E-state index contributed by atoms with van der Waals surface area (Å²) >= 11 is 0. The zero-order valence-electron chi connectivity index (χ0n) is 17.4. The molecule has 0 saturated heterocycles. The number of hydrogen-bond donors (Lipinski definition) is 0. The Morgan fingerprint density at radius 1 is 1.03 bits per heavy atom. The van der Waals surface area contributed by atoms with Crippen LogP contribution in [0.15, 0.2) is 41.3 Å². The third kappa shape index (κ3) is 5.07. The highest BCUT2D eigenvalue weighted by Crippen LogP contribution is 2.30. The number of aryl methyl sites for hydroxylation is 1. The second-order valence-electron chi connectivity index (χ2n) is 6.32. The predicted octanol–water partition coefficient (Wildman–Crippen LogP) is 3.40. The lowest BCUT2D eigenvalue weighted by molar-refractivity contribution is 0.0600. The van der Waals surface area contributed by atoms with Crippen molar-refractivity contribution in [3.8, 4) is 11.5 Å². The van der Waals surface area contributed by atoms with Gasteiger partial charge in [0.05, 0.1) is 31.3 Å². The predicted molar refractivity (Wildman–Crippen MR) is 110 cm³/mol. The molecule has 0 aliphatic rings. The number of hydrogen-bond acceptors (Lipinski definition) is 6. The first-order valence-electron chi connectivity index (χ1n) is 9.27. The molecule has 2 aromatic carbocycles. The topological polar surface area (TPSA) is 82.1 Å². The average molecular weight is 422 g/mol. The van der Waals surface area contributed by atoms with E-state index in [1.165, 1.54) is 24.6 Å². The minimum Gasteiger partial charge on any atom is -0.493 e. The van der Waals surface area contributed by atoms with E-state index < -0.39 is 16.0 Å². The summed E-state index contributed by atoms with van der Waals surface area (Å²) in [5.74, 6) is 0.564. The Kier molecular flexibility index (Phi) is 7.64. The third-order valence-electron chi connectivity index (χ3n) is 4.47. The van der Waals surface area contributed by atoms with Gasteiger partial charge in [-0.3, -0.25) is 0 Å². The van der Waals surface area contributed by atoms with Crippen LogP contribution in [-0.2, 0) is 21.3 Å². The standard InChI is InChI=1S/C21H27NO6S/c1-6-22(14-16-9-11-18(28-7-2)19(12-16)26-4)29(24,25)20-13-17(21(23)27-5)10-8-15(20)3/h8-13H,6-7,14H2,1-5H3. The molecular weight excluding hydrogens is 394 g/mol. The minimum atomic E-state index is -3.83. The van der Waals surface area contributed by atoms with Gasteiger partial charge >= 0.3 is 5.97 Å². The fraction of sp³-hybridized carbons (Fsp3) is 0.381. The Balaban J connectivity index is 2.40. The zero-order valence-corrected chi connectivity index (χ0v) is 18.2. The maximum absolute atomic E-state index is 13.3. The van der Waals surface area contributed by atoms with Gasteiger partial charge in [0.15, 0.2) is 11.5 Å². The smallest absolute Gasteiger partial charge is 0.337 e. The average Bonchev–Trinajstić information content (AvgIpc) is 2.72. The largest absolute Gasteiger partial charge is 0.493 e. The number of ether oxygens (including phenoxy) is 3. The van der Waals surface area contributed by atoms with Crippen molar-refractivity contribution in [1.29, 1.82) is 0 Å². The molecule has 0 bridgehead atoms. The van der Waals surface area contributed by atoms with E-state index in [9.17, 15) is 13.2 Å². The molecular formula is C21H27NO6S. The van der Waals surface area contributed by atoms with Crippen molar-refractivity contribution in [1.82, 2.24) is 4.31 Å². The summed E-state index contributed by atoms with van der Waals surface area (Å²) in [7, 11) is -1.03.